The minimum atomic E-state index is 0.334. The molecule has 1 aliphatic rings. The maximum atomic E-state index is 11.4. The number of fused-ring (bicyclic) bond motifs is 3. The number of hydrogen-bond acceptors (Lipinski definition) is 1. The Morgan fingerprint density at radius 2 is 2.13 bits per heavy atom. The number of carbonyl (C=O) groups is 1. The summed E-state index contributed by atoms with van der Waals surface area (Å²) < 4.78 is 0. The second kappa shape index (κ2) is 2.99. The average molecular weight is 195 g/mol. The van der Waals surface area contributed by atoms with Gasteiger partial charge in [-0.2, -0.15) is 0 Å². The van der Waals surface area contributed by atoms with E-state index in [0.29, 0.717) is 18.6 Å². The molecule has 0 bridgehead atoms. The molecule has 1 N–H and O–H groups in total. The highest BCUT2D eigenvalue weighted by Crippen LogP contribution is 2.26. The topological polar surface area (TPSA) is 32.9 Å². The minimum Gasteiger partial charge on any atom is -0.358 e. The van der Waals surface area contributed by atoms with Gasteiger partial charge in [-0.15, -0.1) is 0 Å². The molecule has 0 saturated carbocycles. The van der Waals surface area contributed by atoms with E-state index in [2.05, 4.69) is 4.98 Å². The zero-order valence-corrected chi connectivity index (χ0v) is 8.34. The second-order valence-electron chi connectivity index (χ2n) is 4.10. The number of hydrogen-bond donors (Lipinski definition) is 1. The molecule has 0 atom stereocenters. The predicted octanol–water partition coefficient (Wildman–Crippen LogP) is 1.02. The summed E-state index contributed by atoms with van der Waals surface area (Å²) in [6.45, 7) is 0. The second-order valence-corrected chi connectivity index (χ2v) is 4.10. The first-order valence-electron chi connectivity index (χ1n) is 5.15. The third kappa shape index (κ3) is 1.30. The van der Waals surface area contributed by atoms with Crippen LogP contribution in [0, 0.1) is 0 Å². The van der Waals surface area contributed by atoms with Crippen molar-refractivity contribution in [2.24, 2.45) is 0 Å². The number of ketones is 1. The Kier molecular flexibility index (Phi) is 1.75. The van der Waals surface area contributed by atoms with Crippen LogP contribution in [-0.2, 0) is 17.6 Å². The van der Waals surface area contributed by atoms with Crippen LogP contribution in [-0.4, -0.2) is 18.6 Å². The molecule has 3 rings (SSSR count). The number of benzene rings is 1. The van der Waals surface area contributed by atoms with Crippen molar-refractivity contribution in [3.63, 3.8) is 0 Å². The molecule has 1 aromatic heterocycles. The van der Waals surface area contributed by atoms with Gasteiger partial charge in [-0.25, -0.2) is 0 Å². The van der Waals surface area contributed by atoms with Crippen molar-refractivity contribution in [2.45, 2.75) is 19.3 Å². The molecule has 0 unspecified atom stereocenters. The summed E-state index contributed by atoms with van der Waals surface area (Å²) in [5, 5.41) is 1.15. The molecule has 0 aliphatic heterocycles. The van der Waals surface area contributed by atoms with Gasteiger partial charge in [0.1, 0.15) is 13.6 Å². The summed E-state index contributed by atoms with van der Waals surface area (Å²) in [5.74, 6) is 0.334. The first-order chi connectivity index (χ1) is 7.24. The van der Waals surface area contributed by atoms with Gasteiger partial charge in [0, 0.05) is 29.4 Å². The van der Waals surface area contributed by atoms with E-state index >= 15 is 0 Å². The number of Topliss-reactive ketones (excluding diaryl/α,β-unsaturated/α-hetero) is 1. The number of nitrogens with one attached hydrogen (secondary N) is 1. The van der Waals surface area contributed by atoms with Gasteiger partial charge in [0.05, 0.1) is 0 Å². The summed E-state index contributed by atoms with van der Waals surface area (Å²) in [7, 11) is 5.72. The van der Waals surface area contributed by atoms with Crippen LogP contribution < -0.4 is 5.46 Å². The van der Waals surface area contributed by atoms with Gasteiger partial charge in [0.25, 0.3) is 0 Å². The smallest absolute Gasteiger partial charge is 0.137 e. The summed E-state index contributed by atoms with van der Waals surface area (Å²) in [5.41, 5.74) is 4.18. The van der Waals surface area contributed by atoms with E-state index in [0.717, 1.165) is 22.8 Å². The molecule has 0 saturated heterocycles. The van der Waals surface area contributed by atoms with Gasteiger partial charge in [-0.3, -0.25) is 4.79 Å². The van der Waals surface area contributed by atoms with E-state index in [1.165, 1.54) is 11.3 Å². The van der Waals surface area contributed by atoms with Gasteiger partial charge in [0.15, 0.2) is 0 Å². The third-order valence-corrected chi connectivity index (χ3v) is 3.05. The van der Waals surface area contributed by atoms with Crippen LogP contribution in [0.4, 0.5) is 0 Å². The zero-order valence-electron chi connectivity index (χ0n) is 8.34. The Morgan fingerprint density at radius 1 is 1.27 bits per heavy atom. The summed E-state index contributed by atoms with van der Waals surface area (Å²) in [4.78, 5) is 14.7. The standard InChI is InChI=1S/C12H10BNO/c13-7-1-3-9-10-6-8(15)2-4-11(10)14-12(9)5-7/h1,3,5,14H,2,4,6H2. The fourth-order valence-electron chi connectivity index (χ4n) is 2.29. The molecule has 72 valence electrons. The maximum absolute atomic E-state index is 11.4. The predicted molar refractivity (Wildman–Crippen MR) is 60.7 cm³/mol. The van der Waals surface area contributed by atoms with Crippen LogP contribution in [0.5, 0.6) is 0 Å². The number of aromatic amines is 1. The van der Waals surface area contributed by atoms with Crippen molar-refractivity contribution in [1.82, 2.24) is 4.98 Å². The fourth-order valence-corrected chi connectivity index (χ4v) is 2.29. The Morgan fingerprint density at radius 3 is 3.00 bits per heavy atom. The van der Waals surface area contributed by atoms with E-state index < -0.39 is 0 Å². The van der Waals surface area contributed by atoms with Crippen LogP contribution in [0.15, 0.2) is 18.2 Å². The first-order valence-corrected chi connectivity index (χ1v) is 5.15. The Balaban J connectivity index is 2.28. The molecule has 3 heteroatoms. The molecule has 2 radical (unpaired) electrons. The van der Waals surface area contributed by atoms with Crippen molar-refractivity contribution in [3.8, 4) is 0 Å². The highest BCUT2D eigenvalue weighted by molar-refractivity contribution is 6.33. The molecule has 2 aromatic rings. The molecule has 0 amide bonds. The maximum Gasteiger partial charge on any atom is 0.137 e. The third-order valence-electron chi connectivity index (χ3n) is 3.05. The lowest BCUT2D eigenvalue weighted by atomic mass is 9.92. The average Bonchev–Trinajstić information content (AvgIpc) is 2.54. The first kappa shape index (κ1) is 8.78. The number of carbonyl (C=O) groups excluding carboxylic acids is 1. The van der Waals surface area contributed by atoms with Crippen molar-refractivity contribution in [3.05, 3.63) is 29.5 Å². The fraction of sp³-hybridized carbons (Fsp3) is 0.250. The van der Waals surface area contributed by atoms with Crippen molar-refractivity contribution in [2.75, 3.05) is 0 Å². The highest BCUT2D eigenvalue weighted by atomic mass is 16.1. The lowest BCUT2D eigenvalue weighted by Crippen LogP contribution is -2.12. The van der Waals surface area contributed by atoms with E-state index in [1.54, 1.807) is 0 Å². The molecular weight excluding hydrogens is 185 g/mol. The molecule has 0 spiro atoms. The monoisotopic (exact) mass is 195 g/mol. The number of rotatable bonds is 0. The number of aryl methyl sites for hydroxylation is 1. The van der Waals surface area contributed by atoms with Gasteiger partial charge >= 0.3 is 0 Å². The van der Waals surface area contributed by atoms with Crippen molar-refractivity contribution < 1.29 is 4.79 Å². The lowest BCUT2D eigenvalue weighted by molar-refractivity contribution is -0.118. The van der Waals surface area contributed by atoms with E-state index in [4.69, 9.17) is 7.85 Å². The highest BCUT2D eigenvalue weighted by Gasteiger charge is 2.19. The Labute approximate surface area is 89.1 Å². The quantitative estimate of drug-likeness (QED) is 0.625. The molecule has 2 nitrogen and oxygen atoms in total. The van der Waals surface area contributed by atoms with Crippen LogP contribution in [0.25, 0.3) is 10.9 Å². The molecule has 1 aromatic carbocycles. The molecule has 1 heterocycles. The zero-order chi connectivity index (χ0) is 10.4. The van der Waals surface area contributed by atoms with Crippen LogP contribution in [0.2, 0.25) is 0 Å². The number of aromatic nitrogens is 1. The largest absolute Gasteiger partial charge is 0.358 e. The Hall–Kier alpha value is -1.51. The summed E-state index contributed by atoms with van der Waals surface area (Å²) in [6, 6.07) is 5.81. The number of H-pyrrole nitrogens is 1. The van der Waals surface area contributed by atoms with Gasteiger partial charge in [-0.1, -0.05) is 17.6 Å². The molecule has 0 fully saturated rings. The minimum absolute atomic E-state index is 0.334. The molecule has 15 heavy (non-hydrogen) atoms. The van der Waals surface area contributed by atoms with Crippen molar-refractivity contribution in [1.29, 1.82) is 0 Å². The summed E-state index contributed by atoms with van der Waals surface area (Å²) in [6.07, 6.45) is 2.07. The van der Waals surface area contributed by atoms with Crippen molar-refractivity contribution >= 4 is 30.0 Å². The summed E-state index contributed by atoms with van der Waals surface area (Å²) >= 11 is 0. The van der Waals surface area contributed by atoms with Gasteiger partial charge in [-0.05, 0) is 18.1 Å². The van der Waals surface area contributed by atoms with E-state index in [-0.39, 0.29) is 0 Å². The van der Waals surface area contributed by atoms with Crippen LogP contribution >= 0.6 is 0 Å². The van der Waals surface area contributed by atoms with Gasteiger partial charge in [0.2, 0.25) is 0 Å². The van der Waals surface area contributed by atoms with E-state index in [1.807, 2.05) is 18.2 Å². The Bertz CT molecular complexity index is 556. The SMILES string of the molecule is [B]c1ccc2c3c([nH]c2c1)CCC(=O)C3. The molecular formula is C12H10BNO. The van der Waals surface area contributed by atoms with Crippen LogP contribution in [0.1, 0.15) is 17.7 Å². The van der Waals surface area contributed by atoms with E-state index in [9.17, 15) is 4.79 Å². The normalized spacial score (nSPS) is 15.6. The van der Waals surface area contributed by atoms with Gasteiger partial charge < -0.3 is 4.98 Å². The van der Waals surface area contributed by atoms with Crippen LogP contribution in [0.3, 0.4) is 0 Å². The molecule has 1 aliphatic carbocycles. The lowest BCUT2D eigenvalue weighted by Gasteiger charge is -2.09.